The number of rotatable bonds is 5. The molecule has 4 rings (SSSR count). The van der Waals surface area contributed by atoms with Crippen molar-refractivity contribution in [1.29, 1.82) is 0 Å². The highest BCUT2D eigenvalue weighted by Gasteiger charge is 2.16. The smallest absolute Gasteiger partial charge is 0.351 e. The average molecular weight is 403 g/mol. The van der Waals surface area contributed by atoms with Crippen molar-refractivity contribution in [1.82, 2.24) is 19.2 Å². The predicted molar refractivity (Wildman–Crippen MR) is 113 cm³/mol. The van der Waals surface area contributed by atoms with Crippen molar-refractivity contribution in [3.8, 4) is 11.6 Å². The number of carbonyl (C=O) groups is 1. The fraction of sp³-hybridized carbons (Fsp3) is 0.182. The number of amides is 1. The monoisotopic (exact) mass is 403 g/mol. The maximum atomic E-state index is 12.7. The molecule has 1 amide bonds. The summed E-state index contributed by atoms with van der Waals surface area (Å²) >= 11 is 0. The average Bonchev–Trinajstić information content (AvgIpc) is 3.02. The Morgan fingerprint density at radius 1 is 1.07 bits per heavy atom. The number of benzene rings is 2. The van der Waals surface area contributed by atoms with Gasteiger partial charge in [-0.05, 0) is 44.5 Å². The summed E-state index contributed by atoms with van der Waals surface area (Å²) in [5.74, 6) is 0.421. The Morgan fingerprint density at radius 2 is 1.80 bits per heavy atom. The molecule has 0 fully saturated rings. The highest BCUT2D eigenvalue weighted by Crippen LogP contribution is 2.22. The molecule has 0 aliphatic carbocycles. The predicted octanol–water partition coefficient (Wildman–Crippen LogP) is 3.25. The first-order chi connectivity index (χ1) is 14.4. The molecule has 2 aromatic heterocycles. The van der Waals surface area contributed by atoms with Gasteiger partial charge in [-0.1, -0.05) is 35.4 Å². The van der Waals surface area contributed by atoms with Crippen LogP contribution in [-0.2, 0) is 11.3 Å². The highest BCUT2D eigenvalue weighted by molar-refractivity contribution is 5.91. The quantitative estimate of drug-likeness (QED) is 0.552. The number of hydrogen-bond acceptors (Lipinski definition) is 5. The van der Waals surface area contributed by atoms with Crippen LogP contribution < -0.4 is 15.7 Å². The minimum atomic E-state index is -0.447. The van der Waals surface area contributed by atoms with E-state index in [-0.39, 0.29) is 24.0 Å². The lowest BCUT2D eigenvalue weighted by atomic mass is 10.1. The van der Waals surface area contributed by atoms with E-state index in [4.69, 9.17) is 4.74 Å². The van der Waals surface area contributed by atoms with Gasteiger partial charge in [0.1, 0.15) is 12.3 Å². The summed E-state index contributed by atoms with van der Waals surface area (Å²) in [5, 5.41) is 7.09. The van der Waals surface area contributed by atoms with Crippen LogP contribution >= 0.6 is 0 Å². The number of aromatic nitrogens is 4. The van der Waals surface area contributed by atoms with Gasteiger partial charge in [0.05, 0.1) is 0 Å². The second kappa shape index (κ2) is 7.82. The summed E-state index contributed by atoms with van der Waals surface area (Å²) in [6.07, 6.45) is 2.95. The fourth-order valence-electron chi connectivity index (χ4n) is 3.10. The van der Waals surface area contributed by atoms with Crippen LogP contribution in [0.1, 0.15) is 16.7 Å². The number of carbonyl (C=O) groups excluding carboxylic acids is 1. The standard InChI is InChI=1S/C22H21N5O3/c1-14-4-7-17(8-5-14)30-21-20-25-27(22(29)26(20)11-10-23-21)13-19(28)24-18-9-6-15(2)12-16(18)3/h4-12H,13H2,1-3H3,(H,24,28). The Morgan fingerprint density at radius 3 is 2.53 bits per heavy atom. The van der Waals surface area contributed by atoms with Crippen molar-refractivity contribution in [3.05, 3.63) is 82.0 Å². The minimum absolute atomic E-state index is 0.187. The van der Waals surface area contributed by atoms with Crippen LogP contribution in [0, 0.1) is 20.8 Å². The molecule has 30 heavy (non-hydrogen) atoms. The van der Waals surface area contributed by atoms with E-state index in [1.165, 1.54) is 16.8 Å². The zero-order valence-corrected chi connectivity index (χ0v) is 16.9. The summed E-state index contributed by atoms with van der Waals surface area (Å²) in [5.41, 5.74) is 3.65. The van der Waals surface area contributed by atoms with Crippen LogP contribution in [0.5, 0.6) is 11.6 Å². The van der Waals surface area contributed by atoms with Crippen molar-refractivity contribution in [2.75, 3.05) is 5.32 Å². The number of hydrogen-bond donors (Lipinski definition) is 1. The summed E-state index contributed by atoms with van der Waals surface area (Å²) in [6, 6.07) is 13.2. The lowest BCUT2D eigenvalue weighted by Crippen LogP contribution is -2.28. The van der Waals surface area contributed by atoms with Crippen molar-refractivity contribution in [3.63, 3.8) is 0 Å². The van der Waals surface area contributed by atoms with Gasteiger partial charge in [0.25, 0.3) is 5.88 Å². The first kappa shape index (κ1) is 19.4. The lowest BCUT2D eigenvalue weighted by molar-refractivity contribution is -0.117. The Labute approximate surface area is 172 Å². The first-order valence-corrected chi connectivity index (χ1v) is 9.46. The Balaban J connectivity index is 1.59. The SMILES string of the molecule is Cc1ccc(Oc2nccn3c(=O)n(CC(=O)Nc4ccc(C)cc4C)nc23)cc1. The van der Waals surface area contributed by atoms with Crippen molar-refractivity contribution in [2.45, 2.75) is 27.3 Å². The fourth-order valence-corrected chi connectivity index (χ4v) is 3.10. The molecule has 0 atom stereocenters. The second-order valence-electron chi connectivity index (χ2n) is 7.15. The van der Waals surface area contributed by atoms with E-state index < -0.39 is 5.69 Å². The van der Waals surface area contributed by atoms with E-state index in [0.29, 0.717) is 11.4 Å². The molecule has 0 saturated carbocycles. The van der Waals surface area contributed by atoms with Crippen LogP contribution in [-0.4, -0.2) is 25.1 Å². The summed E-state index contributed by atoms with van der Waals surface area (Å²) < 4.78 is 8.20. The third-order valence-corrected chi connectivity index (χ3v) is 4.65. The summed E-state index contributed by atoms with van der Waals surface area (Å²) in [4.78, 5) is 29.4. The number of nitrogens with zero attached hydrogens (tertiary/aromatic N) is 4. The van der Waals surface area contributed by atoms with Gasteiger partial charge < -0.3 is 10.1 Å². The zero-order valence-electron chi connectivity index (χ0n) is 16.9. The van der Waals surface area contributed by atoms with Gasteiger partial charge in [0, 0.05) is 18.1 Å². The molecule has 4 aromatic rings. The Kier molecular flexibility index (Phi) is 5.05. The molecule has 0 aliphatic heterocycles. The van der Waals surface area contributed by atoms with Gasteiger partial charge in [-0.25, -0.2) is 18.9 Å². The highest BCUT2D eigenvalue weighted by atomic mass is 16.5. The van der Waals surface area contributed by atoms with Gasteiger partial charge in [-0.15, -0.1) is 5.10 Å². The van der Waals surface area contributed by atoms with Gasteiger partial charge in [-0.3, -0.25) is 4.79 Å². The number of anilines is 1. The van der Waals surface area contributed by atoms with E-state index in [1.54, 1.807) is 0 Å². The summed E-state index contributed by atoms with van der Waals surface area (Å²) in [6.45, 7) is 5.66. The Hall–Kier alpha value is -3.94. The van der Waals surface area contributed by atoms with Crippen LogP contribution in [0.3, 0.4) is 0 Å². The molecule has 0 radical (unpaired) electrons. The third kappa shape index (κ3) is 3.93. The van der Waals surface area contributed by atoms with Gasteiger partial charge in [0.15, 0.2) is 0 Å². The molecule has 0 saturated heterocycles. The molecular weight excluding hydrogens is 382 g/mol. The van der Waals surface area contributed by atoms with Crippen molar-refractivity contribution >= 4 is 17.2 Å². The molecule has 0 unspecified atom stereocenters. The summed E-state index contributed by atoms with van der Waals surface area (Å²) in [7, 11) is 0. The molecule has 0 bridgehead atoms. The van der Waals surface area contributed by atoms with E-state index in [9.17, 15) is 9.59 Å². The van der Waals surface area contributed by atoms with Crippen LogP contribution in [0.15, 0.2) is 59.7 Å². The van der Waals surface area contributed by atoms with E-state index in [2.05, 4.69) is 15.4 Å². The molecule has 8 nitrogen and oxygen atoms in total. The number of ether oxygens (including phenoxy) is 1. The number of fused-ring (bicyclic) bond motifs is 1. The molecule has 152 valence electrons. The molecule has 0 aliphatic rings. The normalized spacial score (nSPS) is 10.9. The molecule has 8 heteroatoms. The van der Waals surface area contributed by atoms with Crippen molar-refractivity contribution in [2.24, 2.45) is 0 Å². The molecule has 1 N–H and O–H groups in total. The van der Waals surface area contributed by atoms with Gasteiger partial charge in [0.2, 0.25) is 11.6 Å². The Bertz CT molecular complexity index is 1290. The maximum Gasteiger partial charge on any atom is 0.351 e. The zero-order chi connectivity index (χ0) is 21.3. The van der Waals surface area contributed by atoms with Crippen LogP contribution in [0.25, 0.3) is 5.65 Å². The third-order valence-electron chi connectivity index (χ3n) is 4.65. The lowest BCUT2D eigenvalue weighted by Gasteiger charge is -2.08. The van der Waals surface area contributed by atoms with Gasteiger partial charge in [-0.2, -0.15) is 0 Å². The van der Waals surface area contributed by atoms with Crippen molar-refractivity contribution < 1.29 is 9.53 Å². The second-order valence-corrected chi connectivity index (χ2v) is 7.15. The first-order valence-electron chi connectivity index (χ1n) is 9.46. The van der Waals surface area contributed by atoms with Crippen LogP contribution in [0.2, 0.25) is 0 Å². The van der Waals surface area contributed by atoms with Gasteiger partial charge >= 0.3 is 5.69 Å². The number of nitrogens with one attached hydrogen (secondary N) is 1. The topological polar surface area (TPSA) is 90.5 Å². The largest absolute Gasteiger partial charge is 0.436 e. The molecule has 0 spiro atoms. The molecular formula is C22H21N5O3. The maximum absolute atomic E-state index is 12.7. The van der Waals surface area contributed by atoms with Crippen LogP contribution in [0.4, 0.5) is 5.69 Å². The van der Waals surface area contributed by atoms with E-state index >= 15 is 0 Å². The molecule has 2 heterocycles. The number of aryl methyl sites for hydroxylation is 3. The van der Waals surface area contributed by atoms with E-state index in [0.717, 1.165) is 21.4 Å². The van der Waals surface area contributed by atoms with E-state index in [1.807, 2.05) is 63.2 Å². The minimum Gasteiger partial charge on any atom is -0.436 e. The molecule has 2 aromatic carbocycles.